The summed E-state index contributed by atoms with van der Waals surface area (Å²) in [5.41, 5.74) is 3.01. The van der Waals surface area contributed by atoms with Crippen LogP contribution in [-0.2, 0) is 9.53 Å². The molecule has 0 unspecified atom stereocenters. The first-order chi connectivity index (χ1) is 14.9. The molecule has 11 heteroatoms. The average molecular weight is 462 g/mol. The molecule has 2 rings (SSSR count). The van der Waals surface area contributed by atoms with Crippen LogP contribution in [0, 0.1) is 18.3 Å². The van der Waals surface area contributed by atoms with E-state index in [2.05, 4.69) is 26.0 Å². The summed E-state index contributed by atoms with van der Waals surface area (Å²) in [6.07, 6.45) is 2.20. The molecule has 2 aromatic rings. The fourth-order valence-electron chi connectivity index (χ4n) is 2.94. The largest absolute Gasteiger partial charge is 0.451 e. The van der Waals surface area contributed by atoms with Crippen LogP contribution in [-0.4, -0.2) is 52.4 Å². The van der Waals surface area contributed by atoms with Crippen molar-refractivity contribution in [1.82, 2.24) is 4.37 Å². The highest BCUT2D eigenvalue weighted by molar-refractivity contribution is 7.98. The van der Waals surface area contributed by atoms with Gasteiger partial charge in [0.05, 0.1) is 25.8 Å². The third-order valence-corrected chi connectivity index (χ3v) is 5.82. The van der Waals surface area contributed by atoms with Gasteiger partial charge in [0.15, 0.2) is 5.00 Å². The number of carbonyl (C=O) groups excluding carboxylic acids is 1. The van der Waals surface area contributed by atoms with E-state index in [1.807, 2.05) is 30.7 Å². The van der Waals surface area contributed by atoms with E-state index in [-0.39, 0.29) is 12.5 Å². The summed E-state index contributed by atoms with van der Waals surface area (Å²) in [6, 6.07) is 5.72. The Bertz CT molecular complexity index is 1060. The third-order valence-electron chi connectivity index (χ3n) is 4.29. The molecule has 0 spiro atoms. The Morgan fingerprint density at radius 1 is 1.45 bits per heavy atom. The molecule has 164 valence electrons. The Morgan fingerprint density at radius 2 is 2.19 bits per heavy atom. The van der Waals surface area contributed by atoms with Gasteiger partial charge in [-0.05, 0) is 37.7 Å². The van der Waals surface area contributed by atoms with E-state index in [4.69, 9.17) is 4.74 Å². The number of hydrogen-bond donors (Lipinski definition) is 2. The molecule has 0 aliphatic rings. The number of azo groups is 1. The molecule has 0 radical (unpaired) electrons. The topological polar surface area (TPSA) is 123 Å². The number of carbonyl (C=O) groups is 1. The maximum atomic E-state index is 11.8. The van der Waals surface area contributed by atoms with Crippen molar-refractivity contribution in [2.75, 3.05) is 31.8 Å². The molecule has 0 saturated carbocycles. The van der Waals surface area contributed by atoms with Crippen molar-refractivity contribution in [3.8, 4) is 6.07 Å². The third kappa shape index (κ3) is 5.88. The van der Waals surface area contributed by atoms with Crippen molar-refractivity contribution in [2.24, 2.45) is 10.2 Å². The van der Waals surface area contributed by atoms with Crippen molar-refractivity contribution in [3.63, 3.8) is 0 Å². The number of aliphatic hydroxyl groups excluding tert-OH is 1. The Labute approximate surface area is 189 Å². The van der Waals surface area contributed by atoms with E-state index in [0.29, 0.717) is 45.8 Å². The summed E-state index contributed by atoms with van der Waals surface area (Å²) in [5.74, 6) is 0.366. The van der Waals surface area contributed by atoms with E-state index in [0.717, 1.165) is 22.8 Å². The number of anilines is 1. The standard InChI is InChI=1S/C20H24N6O3S2/c1-6-26(18(29-4)7-8-27)17-10-15(22-13(3)28)16(9-12(17)2)23-24-19-14(11-21)20(30-5)25-31-19/h9-10,27H,6-8H2,1-5H3/p+1. The molecule has 0 saturated heterocycles. The second-order valence-corrected chi connectivity index (χ2v) is 7.88. The van der Waals surface area contributed by atoms with E-state index in [9.17, 15) is 15.2 Å². The number of rotatable bonds is 8. The van der Waals surface area contributed by atoms with Gasteiger partial charge in [-0.1, -0.05) is 0 Å². The van der Waals surface area contributed by atoms with Crippen LogP contribution in [0.15, 0.2) is 27.4 Å². The predicted octanol–water partition coefficient (Wildman–Crippen LogP) is 4.51. The summed E-state index contributed by atoms with van der Waals surface area (Å²) in [6.45, 7) is 5.86. The van der Waals surface area contributed by atoms with Crippen LogP contribution < -0.4 is 5.32 Å². The average Bonchev–Trinajstić information content (AvgIpc) is 3.15. The molecule has 1 heterocycles. The summed E-state index contributed by atoms with van der Waals surface area (Å²) in [7, 11) is 1.56. The summed E-state index contributed by atoms with van der Waals surface area (Å²) in [5, 5.41) is 31.1. The van der Waals surface area contributed by atoms with Gasteiger partial charge in [-0.3, -0.25) is 4.79 Å². The number of benzene rings is 1. The van der Waals surface area contributed by atoms with Gasteiger partial charge in [0.2, 0.25) is 11.6 Å². The first kappa shape index (κ1) is 24.5. The summed E-state index contributed by atoms with van der Waals surface area (Å²) < 4.78 is 11.6. The number of aryl methyl sites for hydroxylation is 1. The summed E-state index contributed by atoms with van der Waals surface area (Å²) >= 11 is 2.47. The van der Waals surface area contributed by atoms with E-state index in [1.54, 1.807) is 13.2 Å². The Hall–Kier alpha value is -2.81. The van der Waals surface area contributed by atoms with E-state index >= 15 is 0 Å². The minimum Gasteiger partial charge on any atom is -0.451 e. The van der Waals surface area contributed by atoms with Gasteiger partial charge in [0, 0.05) is 18.6 Å². The number of nitriles is 1. The van der Waals surface area contributed by atoms with Gasteiger partial charge >= 0.3 is 5.90 Å². The Morgan fingerprint density at radius 3 is 2.74 bits per heavy atom. The highest BCUT2D eigenvalue weighted by atomic mass is 32.2. The van der Waals surface area contributed by atoms with Crippen molar-refractivity contribution in [3.05, 3.63) is 23.3 Å². The van der Waals surface area contributed by atoms with Crippen LogP contribution in [0.1, 0.15) is 31.4 Å². The number of thioether (sulfide) groups is 1. The fraction of sp³-hybridized carbons (Fsp3) is 0.400. The molecule has 9 nitrogen and oxygen atoms in total. The number of amides is 1. The zero-order valence-corrected chi connectivity index (χ0v) is 19.7. The number of aliphatic hydroxyl groups is 1. The molecule has 1 aromatic carbocycles. The van der Waals surface area contributed by atoms with Gasteiger partial charge in [-0.15, -0.1) is 22.0 Å². The highest BCUT2D eigenvalue weighted by Crippen LogP contribution is 2.37. The van der Waals surface area contributed by atoms with E-state index in [1.165, 1.54) is 18.7 Å². The van der Waals surface area contributed by atoms with Crippen LogP contribution in [0.25, 0.3) is 0 Å². The van der Waals surface area contributed by atoms with Gasteiger partial charge in [0.25, 0.3) is 0 Å². The van der Waals surface area contributed by atoms with Gasteiger partial charge in [0.1, 0.15) is 28.9 Å². The fourth-order valence-corrected chi connectivity index (χ4v) is 4.33. The number of nitrogens with zero attached hydrogens (tertiary/aromatic N) is 5. The molecule has 31 heavy (non-hydrogen) atoms. The number of hydrogen-bond acceptors (Lipinski definition) is 9. The molecular formula is C20H25N6O3S2+. The minimum atomic E-state index is -0.249. The van der Waals surface area contributed by atoms with Crippen LogP contribution in [0.3, 0.4) is 0 Å². The maximum Gasteiger partial charge on any atom is 0.344 e. The van der Waals surface area contributed by atoms with Crippen molar-refractivity contribution in [2.45, 2.75) is 32.2 Å². The second-order valence-electron chi connectivity index (χ2n) is 6.34. The lowest BCUT2D eigenvalue weighted by molar-refractivity contribution is -0.448. The molecule has 1 amide bonds. The lowest BCUT2D eigenvalue weighted by Gasteiger charge is -2.12. The maximum absolute atomic E-state index is 11.8. The van der Waals surface area contributed by atoms with Gasteiger partial charge < -0.3 is 15.2 Å². The number of nitrogens with one attached hydrogen (secondary N) is 1. The lowest BCUT2D eigenvalue weighted by Crippen LogP contribution is -2.21. The van der Waals surface area contributed by atoms with Crippen LogP contribution in [0.2, 0.25) is 0 Å². The zero-order valence-electron chi connectivity index (χ0n) is 18.1. The van der Waals surface area contributed by atoms with Crippen molar-refractivity contribution >= 4 is 57.2 Å². The number of ether oxygens (including phenoxy) is 1. The molecule has 0 bridgehead atoms. The molecule has 1 aromatic heterocycles. The Balaban J connectivity index is 2.60. The van der Waals surface area contributed by atoms with Gasteiger partial charge in [-0.25, -0.2) is 0 Å². The number of methoxy groups -OCH3 is 1. The Kier molecular flexibility index (Phi) is 9.11. The molecule has 0 fully saturated rings. The highest BCUT2D eigenvalue weighted by Gasteiger charge is 2.22. The van der Waals surface area contributed by atoms with Crippen molar-refractivity contribution in [1.29, 1.82) is 5.26 Å². The summed E-state index contributed by atoms with van der Waals surface area (Å²) in [4.78, 5) is 11.8. The van der Waals surface area contributed by atoms with Crippen molar-refractivity contribution < 1.29 is 19.2 Å². The monoisotopic (exact) mass is 461 g/mol. The quantitative estimate of drug-likeness (QED) is 0.196. The first-order valence-corrected chi connectivity index (χ1v) is 11.5. The first-order valence-electron chi connectivity index (χ1n) is 9.46. The second kappa shape index (κ2) is 11.5. The van der Waals surface area contributed by atoms with Gasteiger partial charge in [-0.2, -0.15) is 14.2 Å². The zero-order chi connectivity index (χ0) is 23.0. The molecule has 0 aliphatic carbocycles. The van der Waals surface area contributed by atoms with Crippen LogP contribution in [0.4, 0.5) is 22.1 Å². The number of aromatic nitrogens is 1. The molecular weight excluding hydrogens is 436 g/mol. The van der Waals surface area contributed by atoms with E-state index < -0.39 is 0 Å². The SMILES string of the molecule is CC[N+](=C(CCO)OC)c1cc(NC(C)=O)c(N=Nc2snc(SC)c2C#N)cc1C. The van der Waals surface area contributed by atoms with Crippen LogP contribution >= 0.6 is 23.3 Å². The molecule has 0 aliphatic heterocycles. The predicted molar refractivity (Wildman–Crippen MR) is 122 cm³/mol. The molecule has 2 N–H and O–H groups in total. The molecule has 0 atom stereocenters. The van der Waals surface area contributed by atoms with Crippen LogP contribution in [0.5, 0.6) is 0 Å². The normalized spacial score (nSPS) is 11.9. The smallest absolute Gasteiger partial charge is 0.344 e. The lowest BCUT2D eigenvalue weighted by atomic mass is 10.1. The minimum absolute atomic E-state index is 0.0440.